The summed E-state index contributed by atoms with van der Waals surface area (Å²) in [5.41, 5.74) is 0. The van der Waals surface area contributed by atoms with E-state index >= 15 is 0 Å². The molecule has 4 heteroatoms. The van der Waals surface area contributed by atoms with Gasteiger partial charge in [-0.05, 0) is 12.8 Å². The number of hydrogen-bond acceptors (Lipinski definition) is 2. The monoisotopic (exact) mass is 205 g/mol. The van der Waals surface area contributed by atoms with Crippen molar-refractivity contribution in [1.82, 2.24) is 4.90 Å². The summed E-state index contributed by atoms with van der Waals surface area (Å²) < 4.78 is 0. The Bertz CT molecular complexity index is 186. The number of carbonyl (C=O) groups is 1. The predicted molar refractivity (Wildman–Crippen MR) is 51.7 cm³/mol. The molecule has 0 aromatic heterocycles. The van der Waals surface area contributed by atoms with Crippen molar-refractivity contribution in [3.05, 3.63) is 0 Å². The maximum absolute atomic E-state index is 11.6. The zero-order chi connectivity index (χ0) is 9.84. The molecule has 0 saturated carbocycles. The number of amides is 1. The highest BCUT2D eigenvalue weighted by molar-refractivity contribution is 6.30. The standard InChI is InChI=1S/C9H16ClNO2/c1-2-8(10)9(13)11-4-3-7(5-11)6-12/h7-8,12H,2-6H2,1H3. The van der Waals surface area contributed by atoms with Gasteiger partial charge in [-0.3, -0.25) is 4.79 Å². The molecular formula is C9H16ClNO2. The molecule has 0 aromatic carbocycles. The second kappa shape index (κ2) is 4.82. The fourth-order valence-electron chi connectivity index (χ4n) is 1.55. The third-order valence-corrected chi connectivity index (χ3v) is 2.98. The Kier molecular flexibility index (Phi) is 4.00. The lowest BCUT2D eigenvalue weighted by Crippen LogP contribution is -2.35. The highest BCUT2D eigenvalue weighted by Crippen LogP contribution is 2.18. The molecule has 1 N–H and O–H groups in total. The zero-order valence-corrected chi connectivity index (χ0v) is 8.63. The zero-order valence-electron chi connectivity index (χ0n) is 7.87. The van der Waals surface area contributed by atoms with Crippen LogP contribution >= 0.6 is 11.6 Å². The fourth-order valence-corrected chi connectivity index (χ4v) is 1.69. The average Bonchev–Trinajstić information content (AvgIpc) is 2.63. The lowest BCUT2D eigenvalue weighted by Gasteiger charge is -2.18. The molecule has 76 valence electrons. The molecule has 1 amide bonds. The predicted octanol–water partition coefficient (Wildman–Crippen LogP) is 0.845. The molecule has 0 bridgehead atoms. The van der Waals surface area contributed by atoms with Crippen molar-refractivity contribution < 1.29 is 9.90 Å². The number of aliphatic hydroxyl groups excluding tert-OH is 1. The number of rotatable bonds is 3. The highest BCUT2D eigenvalue weighted by Gasteiger charge is 2.28. The SMILES string of the molecule is CCC(Cl)C(=O)N1CCC(CO)C1. The van der Waals surface area contributed by atoms with E-state index in [4.69, 9.17) is 16.7 Å². The summed E-state index contributed by atoms with van der Waals surface area (Å²) in [6.07, 6.45) is 1.57. The molecule has 0 aromatic rings. The van der Waals surface area contributed by atoms with Crippen molar-refractivity contribution in [3.8, 4) is 0 Å². The molecule has 1 saturated heterocycles. The van der Waals surface area contributed by atoms with Crippen LogP contribution in [-0.4, -0.2) is 41.0 Å². The maximum atomic E-state index is 11.6. The Morgan fingerprint density at radius 3 is 2.92 bits per heavy atom. The number of alkyl halides is 1. The van der Waals surface area contributed by atoms with Gasteiger partial charge in [-0.2, -0.15) is 0 Å². The summed E-state index contributed by atoms with van der Waals surface area (Å²) in [5, 5.41) is 8.50. The van der Waals surface area contributed by atoms with Gasteiger partial charge >= 0.3 is 0 Å². The van der Waals surface area contributed by atoms with Gasteiger partial charge in [-0.1, -0.05) is 6.92 Å². The molecule has 1 heterocycles. The number of halogens is 1. The Morgan fingerprint density at radius 2 is 2.46 bits per heavy atom. The van der Waals surface area contributed by atoms with Crippen LogP contribution in [-0.2, 0) is 4.79 Å². The van der Waals surface area contributed by atoms with E-state index in [1.165, 1.54) is 0 Å². The van der Waals surface area contributed by atoms with Crippen LogP contribution < -0.4 is 0 Å². The Labute approximate surface area is 83.7 Å². The van der Waals surface area contributed by atoms with Crippen LogP contribution in [0, 0.1) is 5.92 Å². The summed E-state index contributed by atoms with van der Waals surface area (Å²) in [4.78, 5) is 13.3. The molecular weight excluding hydrogens is 190 g/mol. The van der Waals surface area contributed by atoms with Gasteiger partial charge in [-0.15, -0.1) is 11.6 Å². The first kappa shape index (κ1) is 10.8. The van der Waals surface area contributed by atoms with Crippen LogP contribution in [0.2, 0.25) is 0 Å². The molecule has 2 unspecified atom stereocenters. The number of nitrogens with zero attached hydrogens (tertiary/aromatic N) is 1. The summed E-state index contributed by atoms with van der Waals surface area (Å²) in [7, 11) is 0. The third-order valence-electron chi connectivity index (χ3n) is 2.48. The molecule has 0 aliphatic carbocycles. The Hall–Kier alpha value is -0.280. The number of likely N-dealkylation sites (tertiary alicyclic amines) is 1. The van der Waals surface area contributed by atoms with Gasteiger partial charge in [0.05, 0.1) is 0 Å². The van der Waals surface area contributed by atoms with Crippen LogP contribution in [0.4, 0.5) is 0 Å². The summed E-state index contributed by atoms with van der Waals surface area (Å²) in [5.74, 6) is 0.268. The third kappa shape index (κ3) is 2.58. The average molecular weight is 206 g/mol. The number of carbonyl (C=O) groups excluding carboxylic acids is 1. The van der Waals surface area contributed by atoms with E-state index in [-0.39, 0.29) is 18.4 Å². The van der Waals surface area contributed by atoms with E-state index in [0.29, 0.717) is 13.0 Å². The smallest absolute Gasteiger partial charge is 0.240 e. The Morgan fingerprint density at radius 1 is 1.77 bits per heavy atom. The fraction of sp³-hybridized carbons (Fsp3) is 0.889. The first-order valence-corrected chi connectivity index (χ1v) is 5.16. The van der Waals surface area contributed by atoms with E-state index in [2.05, 4.69) is 0 Å². The van der Waals surface area contributed by atoms with Crippen molar-refractivity contribution in [1.29, 1.82) is 0 Å². The lowest BCUT2D eigenvalue weighted by molar-refractivity contribution is -0.129. The van der Waals surface area contributed by atoms with Crippen LogP contribution in [0.25, 0.3) is 0 Å². The lowest BCUT2D eigenvalue weighted by atomic mass is 10.1. The van der Waals surface area contributed by atoms with E-state index in [9.17, 15) is 4.79 Å². The van der Waals surface area contributed by atoms with Gasteiger partial charge in [0.1, 0.15) is 5.38 Å². The molecule has 1 fully saturated rings. The second-order valence-corrected chi connectivity index (χ2v) is 4.02. The largest absolute Gasteiger partial charge is 0.396 e. The quantitative estimate of drug-likeness (QED) is 0.694. The second-order valence-electron chi connectivity index (χ2n) is 3.50. The molecule has 0 spiro atoms. The van der Waals surface area contributed by atoms with Gasteiger partial charge in [0, 0.05) is 25.6 Å². The van der Waals surface area contributed by atoms with Crippen molar-refractivity contribution in [2.24, 2.45) is 5.92 Å². The van der Waals surface area contributed by atoms with Crippen LogP contribution in [0.5, 0.6) is 0 Å². The van der Waals surface area contributed by atoms with Gasteiger partial charge in [0.2, 0.25) is 5.91 Å². The number of aliphatic hydroxyl groups is 1. The minimum atomic E-state index is -0.391. The van der Waals surface area contributed by atoms with Crippen LogP contribution in [0.1, 0.15) is 19.8 Å². The van der Waals surface area contributed by atoms with Gasteiger partial charge in [0.25, 0.3) is 0 Å². The van der Waals surface area contributed by atoms with Crippen LogP contribution in [0.3, 0.4) is 0 Å². The minimum absolute atomic E-state index is 0.0140. The Balaban J connectivity index is 2.41. The summed E-state index contributed by atoms with van der Waals surface area (Å²) >= 11 is 5.83. The summed E-state index contributed by atoms with van der Waals surface area (Å²) in [6, 6.07) is 0. The normalized spacial score (nSPS) is 24.8. The van der Waals surface area contributed by atoms with E-state index in [0.717, 1.165) is 13.0 Å². The van der Waals surface area contributed by atoms with Crippen molar-refractivity contribution in [3.63, 3.8) is 0 Å². The molecule has 3 nitrogen and oxygen atoms in total. The minimum Gasteiger partial charge on any atom is -0.396 e. The molecule has 2 atom stereocenters. The van der Waals surface area contributed by atoms with Crippen molar-refractivity contribution >= 4 is 17.5 Å². The topological polar surface area (TPSA) is 40.5 Å². The highest BCUT2D eigenvalue weighted by atomic mass is 35.5. The molecule has 13 heavy (non-hydrogen) atoms. The summed E-state index contributed by atoms with van der Waals surface area (Å²) in [6.45, 7) is 3.48. The molecule has 1 aliphatic heterocycles. The molecule has 0 radical (unpaired) electrons. The van der Waals surface area contributed by atoms with Gasteiger partial charge < -0.3 is 10.0 Å². The van der Waals surface area contributed by atoms with E-state index < -0.39 is 5.38 Å². The van der Waals surface area contributed by atoms with Crippen molar-refractivity contribution in [2.75, 3.05) is 19.7 Å². The molecule has 1 rings (SSSR count). The van der Waals surface area contributed by atoms with Gasteiger partial charge in [-0.25, -0.2) is 0 Å². The maximum Gasteiger partial charge on any atom is 0.240 e. The first-order chi connectivity index (χ1) is 6.19. The van der Waals surface area contributed by atoms with Crippen molar-refractivity contribution in [2.45, 2.75) is 25.1 Å². The number of hydrogen-bond donors (Lipinski definition) is 1. The van der Waals surface area contributed by atoms with Gasteiger partial charge in [0.15, 0.2) is 0 Å². The molecule has 1 aliphatic rings. The van der Waals surface area contributed by atoms with Crippen LogP contribution in [0.15, 0.2) is 0 Å². The first-order valence-electron chi connectivity index (χ1n) is 4.72. The van der Waals surface area contributed by atoms with E-state index in [1.807, 2.05) is 6.92 Å². The van der Waals surface area contributed by atoms with E-state index in [1.54, 1.807) is 4.90 Å².